The minimum Gasteiger partial charge on any atom is -0.385 e. The predicted octanol–water partition coefficient (Wildman–Crippen LogP) is 2.99. The highest BCUT2D eigenvalue weighted by atomic mass is 16.5. The van der Waals surface area contributed by atoms with E-state index in [0.29, 0.717) is 6.61 Å². The highest BCUT2D eigenvalue weighted by Crippen LogP contribution is 2.39. The molecule has 17 heavy (non-hydrogen) atoms. The molecule has 2 aromatic carbocycles. The summed E-state index contributed by atoms with van der Waals surface area (Å²) in [5.74, 6) is 0. The second-order valence-corrected chi connectivity index (χ2v) is 4.29. The second kappa shape index (κ2) is 4.32. The zero-order valence-electron chi connectivity index (χ0n) is 9.41. The first kappa shape index (κ1) is 10.5. The molecule has 1 unspecified atom stereocenters. The van der Waals surface area contributed by atoms with Gasteiger partial charge in [0.1, 0.15) is 12.2 Å². The van der Waals surface area contributed by atoms with Gasteiger partial charge in [-0.15, -0.1) is 0 Å². The van der Waals surface area contributed by atoms with E-state index in [0.717, 1.165) is 11.1 Å². The summed E-state index contributed by atoms with van der Waals surface area (Å²) in [4.78, 5) is 0. The molecule has 0 spiro atoms. The summed E-state index contributed by atoms with van der Waals surface area (Å²) in [7, 11) is 0. The van der Waals surface area contributed by atoms with Gasteiger partial charge >= 0.3 is 0 Å². The lowest BCUT2D eigenvalue weighted by atomic mass is 9.97. The number of hydrogen-bond acceptors (Lipinski definition) is 2. The third-order valence-corrected chi connectivity index (χ3v) is 3.21. The Hall–Kier alpha value is -1.64. The Bertz CT molecular complexity index is 507. The first-order valence-electron chi connectivity index (χ1n) is 5.78. The zero-order chi connectivity index (χ0) is 11.7. The maximum atomic E-state index is 10.3. The van der Waals surface area contributed by atoms with Gasteiger partial charge in [-0.1, -0.05) is 54.6 Å². The Labute approximate surface area is 100 Å². The summed E-state index contributed by atoms with van der Waals surface area (Å²) < 4.78 is 5.69. The van der Waals surface area contributed by atoms with Crippen LogP contribution in [0.1, 0.15) is 28.9 Å². The average molecular weight is 226 g/mol. The number of aliphatic hydroxyl groups is 1. The van der Waals surface area contributed by atoms with Crippen molar-refractivity contribution in [2.45, 2.75) is 18.8 Å². The van der Waals surface area contributed by atoms with E-state index in [4.69, 9.17) is 4.74 Å². The molecule has 0 saturated carbocycles. The lowest BCUT2D eigenvalue weighted by Gasteiger charge is -2.18. The molecule has 0 amide bonds. The normalized spacial score (nSPS) is 19.9. The zero-order valence-corrected chi connectivity index (χ0v) is 9.41. The summed E-state index contributed by atoms with van der Waals surface area (Å²) in [5.41, 5.74) is 3.17. The van der Waals surface area contributed by atoms with Gasteiger partial charge in [0.25, 0.3) is 0 Å². The van der Waals surface area contributed by atoms with Crippen LogP contribution in [0.25, 0.3) is 0 Å². The molecule has 1 heterocycles. The minimum absolute atomic E-state index is 0.242. The molecule has 1 N–H and O–H groups in total. The van der Waals surface area contributed by atoms with Gasteiger partial charge in [-0.25, -0.2) is 0 Å². The lowest BCUT2D eigenvalue weighted by Crippen LogP contribution is -2.09. The molecule has 0 aromatic heterocycles. The van der Waals surface area contributed by atoms with Crippen LogP contribution >= 0.6 is 0 Å². The molecule has 1 aliphatic rings. The van der Waals surface area contributed by atoms with Crippen molar-refractivity contribution in [3.05, 3.63) is 71.3 Å². The lowest BCUT2D eigenvalue weighted by molar-refractivity contribution is -0.0314. The Morgan fingerprint density at radius 1 is 1.00 bits per heavy atom. The third kappa shape index (κ3) is 1.86. The highest BCUT2D eigenvalue weighted by molar-refractivity contribution is 5.34. The van der Waals surface area contributed by atoms with E-state index in [9.17, 15) is 5.11 Å². The van der Waals surface area contributed by atoms with Crippen LogP contribution < -0.4 is 0 Å². The molecular weight excluding hydrogens is 212 g/mol. The molecule has 2 heteroatoms. The van der Waals surface area contributed by atoms with Crippen LogP contribution in [0.5, 0.6) is 0 Å². The molecule has 0 bridgehead atoms. The van der Waals surface area contributed by atoms with E-state index < -0.39 is 6.10 Å². The van der Waals surface area contributed by atoms with Gasteiger partial charge in [0.05, 0.1) is 6.61 Å². The number of aliphatic hydroxyl groups excluding tert-OH is 1. The van der Waals surface area contributed by atoms with Gasteiger partial charge in [-0.05, 0) is 16.7 Å². The predicted molar refractivity (Wildman–Crippen MR) is 65.4 cm³/mol. The molecule has 2 atom stereocenters. The summed E-state index contributed by atoms with van der Waals surface area (Å²) >= 11 is 0. The fourth-order valence-corrected chi connectivity index (χ4v) is 2.30. The van der Waals surface area contributed by atoms with Crippen LogP contribution in [0.4, 0.5) is 0 Å². The summed E-state index contributed by atoms with van der Waals surface area (Å²) in [6, 6.07) is 17.7. The molecule has 0 fully saturated rings. The van der Waals surface area contributed by atoms with Crippen LogP contribution in [0.2, 0.25) is 0 Å². The third-order valence-electron chi connectivity index (χ3n) is 3.21. The van der Waals surface area contributed by atoms with Gasteiger partial charge in [-0.2, -0.15) is 0 Å². The van der Waals surface area contributed by atoms with Gasteiger partial charge in [0, 0.05) is 0 Å². The quantitative estimate of drug-likeness (QED) is 0.853. The van der Waals surface area contributed by atoms with Crippen LogP contribution in [-0.4, -0.2) is 5.11 Å². The average Bonchev–Trinajstić information content (AvgIpc) is 2.83. The Kier molecular flexibility index (Phi) is 2.67. The second-order valence-electron chi connectivity index (χ2n) is 4.29. The highest BCUT2D eigenvalue weighted by Gasteiger charge is 2.29. The summed E-state index contributed by atoms with van der Waals surface area (Å²) in [6.07, 6.45) is -0.839. The van der Waals surface area contributed by atoms with E-state index in [-0.39, 0.29) is 6.10 Å². The van der Waals surface area contributed by atoms with Gasteiger partial charge < -0.3 is 9.84 Å². The van der Waals surface area contributed by atoms with Crippen molar-refractivity contribution in [3.63, 3.8) is 0 Å². The first-order chi connectivity index (χ1) is 8.36. The van der Waals surface area contributed by atoms with Crippen molar-refractivity contribution in [3.8, 4) is 0 Å². The van der Waals surface area contributed by atoms with Crippen molar-refractivity contribution < 1.29 is 9.84 Å². The van der Waals surface area contributed by atoms with E-state index >= 15 is 0 Å². The van der Waals surface area contributed by atoms with Crippen molar-refractivity contribution >= 4 is 0 Å². The van der Waals surface area contributed by atoms with E-state index in [1.165, 1.54) is 5.56 Å². The maximum Gasteiger partial charge on any atom is 0.113 e. The molecule has 86 valence electrons. The number of hydrogen-bond donors (Lipinski definition) is 1. The molecule has 2 aromatic rings. The Morgan fingerprint density at radius 3 is 2.53 bits per heavy atom. The van der Waals surface area contributed by atoms with Crippen LogP contribution in [0.15, 0.2) is 54.6 Å². The topological polar surface area (TPSA) is 29.5 Å². The van der Waals surface area contributed by atoms with Crippen LogP contribution in [0, 0.1) is 0 Å². The number of fused-ring (bicyclic) bond motifs is 1. The largest absolute Gasteiger partial charge is 0.385 e. The number of ether oxygens (including phenoxy) is 1. The molecule has 0 saturated heterocycles. The molecule has 0 aliphatic carbocycles. The van der Waals surface area contributed by atoms with Crippen LogP contribution in [-0.2, 0) is 11.3 Å². The minimum atomic E-state index is -0.597. The monoisotopic (exact) mass is 226 g/mol. The van der Waals surface area contributed by atoms with Crippen LogP contribution in [0.3, 0.4) is 0 Å². The van der Waals surface area contributed by atoms with Crippen molar-refractivity contribution in [2.75, 3.05) is 0 Å². The fourth-order valence-electron chi connectivity index (χ4n) is 2.30. The molecule has 2 nitrogen and oxygen atoms in total. The fraction of sp³-hybridized carbons (Fsp3) is 0.200. The first-order valence-corrected chi connectivity index (χ1v) is 5.78. The maximum absolute atomic E-state index is 10.3. The molecule has 0 radical (unpaired) electrons. The number of benzene rings is 2. The summed E-state index contributed by atoms with van der Waals surface area (Å²) in [6.45, 7) is 0.588. The van der Waals surface area contributed by atoms with Crippen molar-refractivity contribution in [1.29, 1.82) is 0 Å². The summed E-state index contributed by atoms with van der Waals surface area (Å²) in [5, 5.41) is 10.3. The molecule has 3 rings (SSSR count). The molecule has 1 aliphatic heterocycles. The van der Waals surface area contributed by atoms with Gasteiger partial charge in [0.15, 0.2) is 0 Å². The smallest absolute Gasteiger partial charge is 0.113 e. The van der Waals surface area contributed by atoms with Crippen molar-refractivity contribution in [2.24, 2.45) is 0 Å². The molecular formula is C15H14O2. The van der Waals surface area contributed by atoms with E-state index in [1.54, 1.807) is 0 Å². The standard InChI is InChI=1S/C15H14O2/c16-14(11-6-2-1-3-7-11)15-13-9-5-4-8-12(13)10-17-15/h1-9,14-16H,10H2/t14?,15-/m1/s1. The SMILES string of the molecule is OC(c1ccccc1)[C@@H]1OCc2ccccc21. The van der Waals surface area contributed by atoms with E-state index in [2.05, 4.69) is 0 Å². The van der Waals surface area contributed by atoms with Gasteiger partial charge in [0.2, 0.25) is 0 Å². The van der Waals surface area contributed by atoms with E-state index in [1.807, 2.05) is 54.6 Å². The Morgan fingerprint density at radius 2 is 1.71 bits per heavy atom. The Balaban J connectivity index is 1.92. The van der Waals surface area contributed by atoms with Crippen molar-refractivity contribution in [1.82, 2.24) is 0 Å². The van der Waals surface area contributed by atoms with Gasteiger partial charge in [-0.3, -0.25) is 0 Å². The number of rotatable bonds is 2.